The predicted molar refractivity (Wildman–Crippen MR) is 84.2 cm³/mol. The maximum atomic E-state index is 12.1. The van der Waals surface area contributed by atoms with Gasteiger partial charge in [0, 0.05) is 12.2 Å². The number of aryl methyl sites for hydroxylation is 2. The molecule has 23 heavy (non-hydrogen) atoms. The molecule has 0 atom stereocenters. The molecule has 3 rings (SSSR count). The monoisotopic (exact) mass is 313 g/mol. The molecule has 0 unspecified atom stereocenters. The number of carbonyl (C=O) groups excluding carboxylic acids is 1. The fraction of sp³-hybridized carbons (Fsp3) is 0.353. The molecule has 6 heteroatoms. The zero-order valence-corrected chi connectivity index (χ0v) is 13.2. The van der Waals surface area contributed by atoms with Crippen LogP contribution in [0, 0.1) is 19.3 Å². The van der Waals surface area contributed by atoms with Crippen molar-refractivity contribution in [2.24, 2.45) is 5.41 Å². The van der Waals surface area contributed by atoms with Crippen molar-refractivity contribution >= 4 is 11.9 Å². The molecule has 120 valence electrons. The van der Waals surface area contributed by atoms with Crippen LogP contribution in [0.2, 0.25) is 0 Å². The predicted octanol–water partition coefficient (Wildman–Crippen LogP) is 1.97. The summed E-state index contributed by atoms with van der Waals surface area (Å²) in [6, 6.07) is 9.63. The second kappa shape index (κ2) is 5.53. The summed E-state index contributed by atoms with van der Waals surface area (Å²) in [6.07, 6.45) is 0.820. The average molecular weight is 313 g/mol. The van der Waals surface area contributed by atoms with Crippen LogP contribution < -0.4 is 5.32 Å². The number of carboxylic acids is 1. The fourth-order valence-electron chi connectivity index (χ4n) is 2.75. The number of carbonyl (C=O) groups is 2. The lowest BCUT2D eigenvalue weighted by Crippen LogP contribution is -2.36. The van der Waals surface area contributed by atoms with E-state index in [1.165, 1.54) is 0 Å². The molecule has 6 nitrogen and oxygen atoms in total. The van der Waals surface area contributed by atoms with Gasteiger partial charge in [-0.15, -0.1) is 0 Å². The van der Waals surface area contributed by atoms with E-state index in [1.807, 2.05) is 48.9 Å². The molecular weight excluding hydrogens is 294 g/mol. The minimum atomic E-state index is -1.22. The first-order valence-electron chi connectivity index (χ1n) is 7.57. The Balaban J connectivity index is 1.81. The molecule has 1 amide bonds. The third-order valence-electron chi connectivity index (χ3n) is 4.26. The van der Waals surface area contributed by atoms with Crippen molar-refractivity contribution in [3.63, 3.8) is 0 Å². The van der Waals surface area contributed by atoms with E-state index in [-0.39, 0.29) is 6.54 Å². The molecule has 1 saturated carbocycles. The van der Waals surface area contributed by atoms with Gasteiger partial charge < -0.3 is 10.4 Å². The van der Waals surface area contributed by atoms with Gasteiger partial charge in [-0.3, -0.25) is 9.59 Å². The van der Waals surface area contributed by atoms with E-state index in [1.54, 1.807) is 0 Å². The number of nitrogens with one attached hydrogen (secondary N) is 1. The maximum absolute atomic E-state index is 12.1. The highest BCUT2D eigenvalue weighted by molar-refractivity contribution is 6.04. The Bertz CT molecular complexity index is 775. The molecule has 1 fully saturated rings. The molecule has 1 aliphatic rings. The maximum Gasteiger partial charge on any atom is 0.319 e. The normalized spacial score (nSPS) is 15.2. The molecule has 1 heterocycles. The van der Waals surface area contributed by atoms with Crippen LogP contribution in [0.25, 0.3) is 5.69 Å². The van der Waals surface area contributed by atoms with Crippen LogP contribution in [0.3, 0.4) is 0 Å². The Morgan fingerprint density at radius 3 is 2.57 bits per heavy atom. The van der Waals surface area contributed by atoms with E-state index in [9.17, 15) is 9.59 Å². The first-order chi connectivity index (χ1) is 10.9. The van der Waals surface area contributed by atoms with Crippen LogP contribution in [0.4, 0.5) is 0 Å². The number of para-hydroxylation sites is 1. The molecule has 0 saturated heterocycles. The third kappa shape index (κ3) is 2.72. The zero-order chi connectivity index (χ0) is 16.6. The standard InChI is InChI=1S/C17H19N3O3/c1-11-9-12(2)20(19-11)14-6-4-3-5-13(14)10-18-15(21)17(7-8-17)16(22)23/h3-6,9H,7-8,10H2,1-2H3,(H,18,21)(H,22,23). The molecule has 0 spiro atoms. The Labute approximate surface area is 134 Å². The van der Waals surface area contributed by atoms with Gasteiger partial charge >= 0.3 is 5.97 Å². The lowest BCUT2D eigenvalue weighted by atomic mass is 10.1. The molecule has 2 aromatic rings. The van der Waals surface area contributed by atoms with Gasteiger partial charge in [0.1, 0.15) is 5.41 Å². The van der Waals surface area contributed by atoms with Gasteiger partial charge in [-0.05, 0) is 44.4 Å². The van der Waals surface area contributed by atoms with Crippen molar-refractivity contribution in [1.29, 1.82) is 0 Å². The highest BCUT2D eigenvalue weighted by Gasteiger charge is 2.56. The number of benzene rings is 1. The lowest BCUT2D eigenvalue weighted by Gasteiger charge is -2.14. The first-order valence-corrected chi connectivity index (χ1v) is 7.57. The summed E-state index contributed by atoms with van der Waals surface area (Å²) in [5.41, 5.74) is 2.49. The summed E-state index contributed by atoms with van der Waals surface area (Å²) < 4.78 is 1.83. The Morgan fingerprint density at radius 1 is 1.30 bits per heavy atom. The van der Waals surface area contributed by atoms with Gasteiger partial charge in [0.05, 0.1) is 11.4 Å². The van der Waals surface area contributed by atoms with E-state index < -0.39 is 17.3 Å². The van der Waals surface area contributed by atoms with Gasteiger partial charge in [-0.1, -0.05) is 18.2 Å². The Hall–Kier alpha value is -2.63. The summed E-state index contributed by atoms with van der Waals surface area (Å²) in [7, 11) is 0. The van der Waals surface area contributed by atoms with Crippen molar-refractivity contribution < 1.29 is 14.7 Å². The number of hydrogen-bond acceptors (Lipinski definition) is 3. The lowest BCUT2D eigenvalue weighted by molar-refractivity contribution is -0.149. The van der Waals surface area contributed by atoms with Crippen molar-refractivity contribution in [2.45, 2.75) is 33.2 Å². The van der Waals surface area contributed by atoms with Crippen LogP contribution >= 0.6 is 0 Å². The average Bonchev–Trinajstić information content (AvgIpc) is 3.26. The van der Waals surface area contributed by atoms with Crippen molar-refractivity contribution in [3.8, 4) is 5.69 Å². The van der Waals surface area contributed by atoms with Crippen molar-refractivity contribution in [2.75, 3.05) is 0 Å². The number of amides is 1. The van der Waals surface area contributed by atoms with E-state index in [0.717, 1.165) is 22.6 Å². The van der Waals surface area contributed by atoms with Crippen LogP contribution in [0.1, 0.15) is 29.8 Å². The SMILES string of the molecule is Cc1cc(C)n(-c2ccccc2CNC(=O)C2(C(=O)O)CC2)n1. The van der Waals surface area contributed by atoms with Gasteiger partial charge in [-0.2, -0.15) is 5.10 Å². The molecular formula is C17H19N3O3. The zero-order valence-electron chi connectivity index (χ0n) is 13.2. The van der Waals surface area contributed by atoms with Gasteiger partial charge in [0.2, 0.25) is 5.91 Å². The number of nitrogens with zero attached hydrogens (tertiary/aromatic N) is 2. The van der Waals surface area contributed by atoms with Crippen LogP contribution in [-0.2, 0) is 16.1 Å². The number of aliphatic carboxylic acids is 1. The summed E-state index contributed by atoms with van der Waals surface area (Å²) in [5, 5.41) is 16.4. The van der Waals surface area contributed by atoms with Gasteiger partial charge in [0.25, 0.3) is 0 Å². The van der Waals surface area contributed by atoms with Crippen molar-refractivity contribution in [1.82, 2.24) is 15.1 Å². The summed E-state index contributed by atoms with van der Waals surface area (Å²) in [6.45, 7) is 4.18. The topological polar surface area (TPSA) is 84.2 Å². The number of carboxylic acid groups (broad SMARTS) is 1. The van der Waals surface area contributed by atoms with Crippen LogP contribution in [-0.4, -0.2) is 26.8 Å². The Morgan fingerprint density at radius 2 is 2.00 bits per heavy atom. The molecule has 1 aromatic heterocycles. The fourth-order valence-corrected chi connectivity index (χ4v) is 2.75. The summed E-state index contributed by atoms with van der Waals surface area (Å²) in [4.78, 5) is 23.3. The second-order valence-corrected chi connectivity index (χ2v) is 6.04. The highest BCUT2D eigenvalue weighted by atomic mass is 16.4. The summed E-state index contributed by atoms with van der Waals surface area (Å²) in [5.74, 6) is -1.45. The van der Waals surface area contributed by atoms with E-state index in [2.05, 4.69) is 10.4 Å². The van der Waals surface area contributed by atoms with E-state index in [0.29, 0.717) is 12.8 Å². The smallest absolute Gasteiger partial charge is 0.319 e. The third-order valence-corrected chi connectivity index (χ3v) is 4.26. The molecule has 0 bridgehead atoms. The molecule has 0 radical (unpaired) electrons. The van der Waals surface area contributed by atoms with Gasteiger partial charge in [0.15, 0.2) is 0 Å². The minimum absolute atomic E-state index is 0.280. The number of rotatable bonds is 5. The minimum Gasteiger partial charge on any atom is -0.480 e. The number of aromatic nitrogens is 2. The highest BCUT2D eigenvalue weighted by Crippen LogP contribution is 2.46. The second-order valence-electron chi connectivity index (χ2n) is 6.04. The quantitative estimate of drug-likeness (QED) is 0.827. The van der Waals surface area contributed by atoms with Gasteiger partial charge in [-0.25, -0.2) is 4.68 Å². The Kier molecular flexibility index (Phi) is 3.67. The summed E-state index contributed by atoms with van der Waals surface area (Å²) >= 11 is 0. The van der Waals surface area contributed by atoms with E-state index >= 15 is 0 Å². The molecule has 0 aliphatic heterocycles. The van der Waals surface area contributed by atoms with Crippen molar-refractivity contribution in [3.05, 3.63) is 47.3 Å². The first kappa shape index (κ1) is 15.3. The molecule has 2 N–H and O–H groups in total. The molecule has 1 aliphatic carbocycles. The molecule has 1 aromatic carbocycles. The largest absolute Gasteiger partial charge is 0.480 e. The number of hydrogen-bond donors (Lipinski definition) is 2. The van der Waals surface area contributed by atoms with E-state index in [4.69, 9.17) is 5.11 Å². The van der Waals surface area contributed by atoms with Crippen LogP contribution in [0.5, 0.6) is 0 Å². The van der Waals surface area contributed by atoms with Crippen LogP contribution in [0.15, 0.2) is 30.3 Å².